The number of furan rings is 1. The van der Waals surface area contributed by atoms with Gasteiger partial charge in [-0.1, -0.05) is 32.4 Å². The van der Waals surface area contributed by atoms with Crippen LogP contribution >= 0.6 is 11.6 Å². The minimum atomic E-state index is 0.498. The third kappa shape index (κ3) is 2.04. The van der Waals surface area contributed by atoms with E-state index in [9.17, 15) is 0 Å². The van der Waals surface area contributed by atoms with Crippen molar-refractivity contribution in [3.8, 4) is 0 Å². The van der Waals surface area contributed by atoms with Crippen LogP contribution in [0, 0.1) is 5.92 Å². The zero-order valence-electron chi connectivity index (χ0n) is 7.80. The summed E-state index contributed by atoms with van der Waals surface area (Å²) in [4.78, 5) is 0. The fourth-order valence-corrected chi connectivity index (χ4v) is 1.68. The molecule has 1 aromatic heterocycles. The van der Waals surface area contributed by atoms with Crippen LogP contribution in [-0.2, 0) is 0 Å². The van der Waals surface area contributed by atoms with E-state index < -0.39 is 0 Å². The molecule has 68 valence electrons. The summed E-state index contributed by atoms with van der Waals surface area (Å²) < 4.78 is 5.35. The first-order chi connectivity index (χ1) is 5.65. The summed E-state index contributed by atoms with van der Waals surface area (Å²) in [5.74, 6) is 2.12. The lowest BCUT2D eigenvalue weighted by atomic mass is 9.91. The minimum Gasteiger partial charge on any atom is -0.467 e. The second kappa shape index (κ2) is 3.99. The van der Waals surface area contributed by atoms with Crippen LogP contribution in [0.2, 0.25) is 5.02 Å². The van der Waals surface area contributed by atoms with Gasteiger partial charge in [0.2, 0.25) is 0 Å². The van der Waals surface area contributed by atoms with Crippen molar-refractivity contribution in [3.63, 3.8) is 0 Å². The highest BCUT2D eigenvalue weighted by molar-refractivity contribution is 6.30. The van der Waals surface area contributed by atoms with Gasteiger partial charge in [-0.2, -0.15) is 0 Å². The van der Waals surface area contributed by atoms with Crippen molar-refractivity contribution in [3.05, 3.63) is 23.1 Å². The summed E-state index contributed by atoms with van der Waals surface area (Å²) in [7, 11) is 0. The highest BCUT2D eigenvalue weighted by Crippen LogP contribution is 2.30. The molecule has 0 N–H and O–H groups in total. The van der Waals surface area contributed by atoms with Crippen molar-refractivity contribution in [1.29, 1.82) is 0 Å². The van der Waals surface area contributed by atoms with Crippen LogP contribution in [-0.4, -0.2) is 0 Å². The maximum absolute atomic E-state index is 5.77. The second-order valence-electron chi connectivity index (χ2n) is 3.43. The number of hydrogen-bond acceptors (Lipinski definition) is 1. The van der Waals surface area contributed by atoms with Gasteiger partial charge in [-0.15, -0.1) is 0 Å². The molecule has 0 bridgehead atoms. The maximum atomic E-state index is 5.77. The van der Waals surface area contributed by atoms with Crippen molar-refractivity contribution in [2.45, 2.75) is 33.1 Å². The molecule has 0 aliphatic heterocycles. The average Bonchev–Trinajstić information content (AvgIpc) is 2.37. The number of rotatable bonds is 3. The monoisotopic (exact) mass is 186 g/mol. The van der Waals surface area contributed by atoms with Crippen LogP contribution in [0.15, 0.2) is 16.7 Å². The van der Waals surface area contributed by atoms with Gasteiger partial charge in [-0.3, -0.25) is 0 Å². The van der Waals surface area contributed by atoms with E-state index in [1.54, 1.807) is 6.26 Å². The standard InChI is InChI=1S/C10H15ClO/c1-4-9(7(2)3)10-5-8(11)6-12-10/h5-7,9H,4H2,1-3H3/t9-/m0/s1. The lowest BCUT2D eigenvalue weighted by molar-refractivity contribution is 0.387. The van der Waals surface area contributed by atoms with Crippen LogP contribution in [0.3, 0.4) is 0 Å². The first-order valence-electron chi connectivity index (χ1n) is 4.39. The summed E-state index contributed by atoms with van der Waals surface area (Å²) >= 11 is 5.77. The Kier molecular flexibility index (Phi) is 3.21. The fraction of sp³-hybridized carbons (Fsp3) is 0.600. The predicted molar refractivity (Wildman–Crippen MR) is 51.6 cm³/mol. The Balaban J connectivity index is 2.80. The van der Waals surface area contributed by atoms with E-state index in [-0.39, 0.29) is 0 Å². The minimum absolute atomic E-state index is 0.498. The molecular weight excluding hydrogens is 172 g/mol. The Bertz CT molecular complexity index is 240. The number of hydrogen-bond donors (Lipinski definition) is 0. The topological polar surface area (TPSA) is 13.1 Å². The van der Waals surface area contributed by atoms with Crippen molar-refractivity contribution in [2.24, 2.45) is 5.92 Å². The van der Waals surface area contributed by atoms with Crippen LogP contribution in [0.5, 0.6) is 0 Å². The van der Waals surface area contributed by atoms with E-state index in [2.05, 4.69) is 20.8 Å². The maximum Gasteiger partial charge on any atom is 0.109 e. The SMILES string of the molecule is CC[C@H](c1cc(Cl)co1)C(C)C. The van der Waals surface area contributed by atoms with Crippen molar-refractivity contribution < 1.29 is 4.42 Å². The third-order valence-electron chi connectivity index (χ3n) is 2.20. The molecule has 0 aromatic carbocycles. The molecule has 1 rings (SSSR count). The molecule has 1 aromatic rings. The highest BCUT2D eigenvalue weighted by Gasteiger charge is 2.16. The Morgan fingerprint density at radius 1 is 1.50 bits per heavy atom. The molecule has 12 heavy (non-hydrogen) atoms. The quantitative estimate of drug-likeness (QED) is 0.693. The number of halogens is 1. The Morgan fingerprint density at radius 3 is 2.50 bits per heavy atom. The lowest BCUT2D eigenvalue weighted by Crippen LogP contribution is -2.03. The summed E-state index contributed by atoms with van der Waals surface area (Å²) in [6.45, 7) is 6.57. The molecular formula is C10H15ClO. The van der Waals surface area contributed by atoms with Gasteiger partial charge in [0.05, 0.1) is 5.02 Å². The molecule has 0 aliphatic rings. The molecule has 1 atom stereocenters. The van der Waals surface area contributed by atoms with Gasteiger partial charge in [0.25, 0.3) is 0 Å². The van der Waals surface area contributed by atoms with Crippen LogP contribution in [0.1, 0.15) is 38.9 Å². The molecule has 1 heterocycles. The van der Waals surface area contributed by atoms with Crippen molar-refractivity contribution >= 4 is 11.6 Å². The van der Waals surface area contributed by atoms with E-state index >= 15 is 0 Å². The average molecular weight is 187 g/mol. The Labute approximate surface area is 78.7 Å². The molecule has 0 aliphatic carbocycles. The zero-order valence-corrected chi connectivity index (χ0v) is 8.56. The summed E-state index contributed by atoms with van der Waals surface area (Å²) in [6.07, 6.45) is 2.70. The fourth-order valence-electron chi connectivity index (χ4n) is 1.52. The van der Waals surface area contributed by atoms with Gasteiger partial charge >= 0.3 is 0 Å². The Hall–Kier alpha value is -0.430. The van der Waals surface area contributed by atoms with E-state index in [0.717, 1.165) is 12.2 Å². The molecule has 0 saturated heterocycles. The van der Waals surface area contributed by atoms with Crippen molar-refractivity contribution in [2.75, 3.05) is 0 Å². The molecule has 0 amide bonds. The van der Waals surface area contributed by atoms with Gasteiger partial charge in [0.15, 0.2) is 0 Å². The van der Waals surface area contributed by atoms with E-state index in [0.29, 0.717) is 16.9 Å². The molecule has 2 heteroatoms. The van der Waals surface area contributed by atoms with Crippen LogP contribution < -0.4 is 0 Å². The van der Waals surface area contributed by atoms with Gasteiger partial charge in [-0.05, 0) is 18.4 Å². The van der Waals surface area contributed by atoms with Crippen molar-refractivity contribution in [1.82, 2.24) is 0 Å². The summed E-state index contributed by atoms with van der Waals surface area (Å²) in [5.41, 5.74) is 0. The van der Waals surface area contributed by atoms with Gasteiger partial charge in [-0.25, -0.2) is 0 Å². The van der Waals surface area contributed by atoms with Gasteiger partial charge in [0.1, 0.15) is 12.0 Å². The predicted octanol–water partition coefficient (Wildman–Crippen LogP) is 4.08. The molecule has 0 radical (unpaired) electrons. The molecule has 0 fully saturated rings. The van der Waals surface area contributed by atoms with E-state index in [4.69, 9.17) is 16.0 Å². The highest BCUT2D eigenvalue weighted by atomic mass is 35.5. The first-order valence-corrected chi connectivity index (χ1v) is 4.76. The largest absolute Gasteiger partial charge is 0.467 e. The summed E-state index contributed by atoms with van der Waals surface area (Å²) in [6, 6.07) is 1.91. The zero-order chi connectivity index (χ0) is 9.14. The smallest absolute Gasteiger partial charge is 0.109 e. The molecule has 0 spiro atoms. The molecule has 0 unspecified atom stereocenters. The Morgan fingerprint density at radius 2 is 2.17 bits per heavy atom. The van der Waals surface area contributed by atoms with Crippen LogP contribution in [0.4, 0.5) is 0 Å². The lowest BCUT2D eigenvalue weighted by Gasteiger charge is -2.15. The first kappa shape index (κ1) is 9.66. The van der Waals surface area contributed by atoms with Gasteiger partial charge < -0.3 is 4.42 Å². The third-order valence-corrected chi connectivity index (χ3v) is 2.40. The molecule has 0 saturated carbocycles. The van der Waals surface area contributed by atoms with E-state index in [1.165, 1.54) is 0 Å². The molecule has 1 nitrogen and oxygen atoms in total. The normalized spacial score (nSPS) is 13.8. The van der Waals surface area contributed by atoms with Gasteiger partial charge in [0, 0.05) is 5.92 Å². The second-order valence-corrected chi connectivity index (χ2v) is 3.86. The summed E-state index contributed by atoms with van der Waals surface area (Å²) in [5, 5.41) is 0.698. The van der Waals surface area contributed by atoms with Crippen LogP contribution in [0.25, 0.3) is 0 Å². The van der Waals surface area contributed by atoms with E-state index in [1.807, 2.05) is 6.07 Å².